The lowest BCUT2D eigenvalue weighted by Crippen LogP contribution is -2.17. The summed E-state index contributed by atoms with van der Waals surface area (Å²) >= 11 is 0. The van der Waals surface area contributed by atoms with E-state index < -0.39 is 0 Å². The average molecular weight is 236 g/mol. The van der Waals surface area contributed by atoms with Crippen molar-refractivity contribution in [3.05, 3.63) is 65.2 Å². The maximum Gasteiger partial charge on any atom is 0.0995 e. The van der Waals surface area contributed by atoms with Gasteiger partial charge in [0.15, 0.2) is 0 Å². The molecule has 2 aromatic rings. The van der Waals surface area contributed by atoms with Crippen LogP contribution in [-0.2, 0) is 6.54 Å². The molecule has 0 aliphatic heterocycles. The van der Waals surface area contributed by atoms with E-state index in [9.17, 15) is 0 Å². The van der Waals surface area contributed by atoms with E-state index in [1.54, 1.807) is 0 Å². The highest BCUT2D eigenvalue weighted by molar-refractivity contribution is 5.49. The van der Waals surface area contributed by atoms with E-state index in [2.05, 4.69) is 42.2 Å². The quantitative estimate of drug-likeness (QED) is 0.815. The first-order chi connectivity index (χ1) is 8.70. The highest BCUT2D eigenvalue weighted by Gasteiger charge is 2.05. The topological polar surface area (TPSA) is 27.0 Å². The second kappa shape index (κ2) is 5.37. The van der Waals surface area contributed by atoms with Crippen LogP contribution in [0.3, 0.4) is 0 Å². The summed E-state index contributed by atoms with van der Waals surface area (Å²) in [5.41, 5.74) is 4.22. The Kier molecular flexibility index (Phi) is 3.64. The molecule has 0 heterocycles. The van der Waals surface area contributed by atoms with Gasteiger partial charge in [0.05, 0.1) is 11.6 Å². The molecule has 18 heavy (non-hydrogen) atoms. The first-order valence-corrected chi connectivity index (χ1v) is 5.96. The molecule has 0 aromatic heterocycles. The van der Waals surface area contributed by atoms with Crippen molar-refractivity contribution in [3.8, 4) is 6.07 Å². The van der Waals surface area contributed by atoms with E-state index in [0.717, 1.165) is 17.7 Å². The van der Waals surface area contributed by atoms with E-state index in [-0.39, 0.29) is 0 Å². The lowest BCUT2D eigenvalue weighted by molar-refractivity contribution is 0.918. The minimum absolute atomic E-state index is 0.743. The maximum absolute atomic E-state index is 9.08. The minimum Gasteiger partial charge on any atom is -0.370 e. The Hall–Kier alpha value is -2.27. The molecule has 0 atom stereocenters. The Labute approximate surface area is 108 Å². The van der Waals surface area contributed by atoms with E-state index in [1.165, 1.54) is 11.3 Å². The van der Waals surface area contributed by atoms with Crippen LogP contribution in [0.4, 0.5) is 5.69 Å². The second-order valence-electron chi connectivity index (χ2n) is 4.46. The molecule has 0 aliphatic rings. The second-order valence-corrected chi connectivity index (χ2v) is 4.46. The summed E-state index contributed by atoms with van der Waals surface area (Å²) in [6.07, 6.45) is 0. The summed E-state index contributed by atoms with van der Waals surface area (Å²) in [6.45, 7) is 2.83. The van der Waals surface area contributed by atoms with Gasteiger partial charge in [-0.3, -0.25) is 0 Å². The Morgan fingerprint density at radius 3 is 2.61 bits per heavy atom. The van der Waals surface area contributed by atoms with Gasteiger partial charge in [0, 0.05) is 19.3 Å². The molecule has 0 spiro atoms. The first kappa shape index (κ1) is 12.2. The SMILES string of the molecule is Cc1cccc(N(C)Cc2ccccc2C#N)c1. The van der Waals surface area contributed by atoms with Crippen LogP contribution >= 0.6 is 0 Å². The van der Waals surface area contributed by atoms with Crippen LogP contribution in [0, 0.1) is 18.3 Å². The van der Waals surface area contributed by atoms with Crippen LogP contribution in [-0.4, -0.2) is 7.05 Å². The number of anilines is 1. The zero-order chi connectivity index (χ0) is 13.0. The molecule has 0 unspecified atom stereocenters. The van der Waals surface area contributed by atoms with E-state index in [1.807, 2.05) is 31.3 Å². The number of nitrogens with zero attached hydrogens (tertiary/aromatic N) is 2. The van der Waals surface area contributed by atoms with Gasteiger partial charge in [-0.25, -0.2) is 0 Å². The molecule has 0 N–H and O–H groups in total. The van der Waals surface area contributed by atoms with E-state index >= 15 is 0 Å². The summed E-state index contributed by atoms with van der Waals surface area (Å²) < 4.78 is 0. The number of rotatable bonds is 3. The largest absolute Gasteiger partial charge is 0.370 e. The van der Waals surface area contributed by atoms with Crippen LogP contribution in [0.25, 0.3) is 0 Å². The minimum atomic E-state index is 0.743. The van der Waals surface area contributed by atoms with Gasteiger partial charge in [-0.05, 0) is 36.2 Å². The third kappa shape index (κ3) is 2.70. The first-order valence-electron chi connectivity index (χ1n) is 5.96. The molecule has 0 saturated carbocycles. The smallest absolute Gasteiger partial charge is 0.0995 e. The number of aryl methyl sites for hydroxylation is 1. The molecule has 0 radical (unpaired) electrons. The highest BCUT2D eigenvalue weighted by atomic mass is 15.1. The molecule has 0 aliphatic carbocycles. The maximum atomic E-state index is 9.08. The van der Waals surface area contributed by atoms with Gasteiger partial charge in [-0.1, -0.05) is 30.3 Å². The Balaban J connectivity index is 2.22. The summed E-state index contributed by atoms with van der Waals surface area (Å²) in [5, 5.41) is 9.08. The molecule has 2 heteroatoms. The van der Waals surface area contributed by atoms with Crippen molar-refractivity contribution in [2.75, 3.05) is 11.9 Å². The highest BCUT2D eigenvalue weighted by Crippen LogP contribution is 2.18. The number of hydrogen-bond donors (Lipinski definition) is 0. The predicted octanol–water partition coefficient (Wildman–Crippen LogP) is 3.50. The Morgan fingerprint density at radius 2 is 1.89 bits per heavy atom. The summed E-state index contributed by atoms with van der Waals surface area (Å²) in [5.74, 6) is 0. The monoisotopic (exact) mass is 236 g/mol. The third-order valence-corrected chi connectivity index (χ3v) is 2.99. The van der Waals surface area contributed by atoms with E-state index in [0.29, 0.717) is 0 Å². The van der Waals surface area contributed by atoms with Gasteiger partial charge in [-0.15, -0.1) is 0 Å². The van der Waals surface area contributed by atoms with Crippen molar-refractivity contribution in [1.29, 1.82) is 5.26 Å². The zero-order valence-corrected chi connectivity index (χ0v) is 10.7. The predicted molar refractivity (Wildman–Crippen MR) is 74.4 cm³/mol. The van der Waals surface area contributed by atoms with Gasteiger partial charge in [0.2, 0.25) is 0 Å². The van der Waals surface area contributed by atoms with Gasteiger partial charge < -0.3 is 4.90 Å². The van der Waals surface area contributed by atoms with Crippen molar-refractivity contribution >= 4 is 5.69 Å². The zero-order valence-electron chi connectivity index (χ0n) is 10.7. The van der Waals surface area contributed by atoms with Crippen molar-refractivity contribution in [1.82, 2.24) is 0 Å². The Morgan fingerprint density at radius 1 is 1.11 bits per heavy atom. The lowest BCUT2D eigenvalue weighted by Gasteiger charge is -2.20. The molecule has 0 fully saturated rings. The molecular formula is C16H16N2. The van der Waals surface area contributed by atoms with Crippen molar-refractivity contribution in [2.24, 2.45) is 0 Å². The normalized spacial score (nSPS) is 9.83. The Bertz CT molecular complexity index is 582. The fourth-order valence-electron chi connectivity index (χ4n) is 1.98. The van der Waals surface area contributed by atoms with Gasteiger partial charge >= 0.3 is 0 Å². The van der Waals surface area contributed by atoms with Crippen LogP contribution in [0.2, 0.25) is 0 Å². The molecule has 2 aromatic carbocycles. The number of nitriles is 1. The summed E-state index contributed by atoms with van der Waals surface area (Å²) in [7, 11) is 2.04. The molecule has 0 saturated heterocycles. The van der Waals surface area contributed by atoms with Crippen molar-refractivity contribution in [3.63, 3.8) is 0 Å². The fourth-order valence-corrected chi connectivity index (χ4v) is 1.98. The summed E-state index contributed by atoms with van der Waals surface area (Å²) in [6, 6.07) is 18.3. The van der Waals surface area contributed by atoms with E-state index in [4.69, 9.17) is 5.26 Å². The van der Waals surface area contributed by atoms with Crippen molar-refractivity contribution in [2.45, 2.75) is 13.5 Å². The molecule has 90 valence electrons. The number of hydrogen-bond acceptors (Lipinski definition) is 2. The van der Waals surface area contributed by atoms with Crippen molar-refractivity contribution < 1.29 is 0 Å². The molecular weight excluding hydrogens is 220 g/mol. The van der Waals surface area contributed by atoms with Crippen LogP contribution < -0.4 is 4.90 Å². The standard InChI is InChI=1S/C16H16N2/c1-13-6-5-9-16(10-13)18(2)12-15-8-4-3-7-14(15)11-17/h3-10H,12H2,1-2H3. The van der Waals surface area contributed by atoms with Gasteiger partial charge in [0.25, 0.3) is 0 Å². The fraction of sp³-hybridized carbons (Fsp3) is 0.188. The number of benzene rings is 2. The lowest BCUT2D eigenvalue weighted by atomic mass is 10.1. The molecule has 0 bridgehead atoms. The van der Waals surface area contributed by atoms with Crippen LogP contribution in [0.15, 0.2) is 48.5 Å². The van der Waals surface area contributed by atoms with Gasteiger partial charge in [0.1, 0.15) is 0 Å². The molecule has 0 amide bonds. The molecule has 2 nitrogen and oxygen atoms in total. The van der Waals surface area contributed by atoms with Crippen LogP contribution in [0.5, 0.6) is 0 Å². The van der Waals surface area contributed by atoms with Gasteiger partial charge in [-0.2, -0.15) is 5.26 Å². The summed E-state index contributed by atoms with van der Waals surface area (Å²) in [4.78, 5) is 2.16. The third-order valence-electron chi connectivity index (χ3n) is 2.99. The molecule has 2 rings (SSSR count). The average Bonchev–Trinajstić information content (AvgIpc) is 2.39. The van der Waals surface area contributed by atoms with Crippen LogP contribution in [0.1, 0.15) is 16.7 Å².